The van der Waals surface area contributed by atoms with E-state index >= 15 is 0 Å². The van der Waals surface area contributed by atoms with Crippen LogP contribution in [-0.2, 0) is 14.6 Å². The number of sulfone groups is 1. The molecule has 10 nitrogen and oxygen atoms in total. The van der Waals surface area contributed by atoms with Gasteiger partial charge in [-0.1, -0.05) is 17.7 Å². The molecular formula is C18H19N5O5S. The van der Waals surface area contributed by atoms with Crippen LogP contribution >= 0.6 is 0 Å². The van der Waals surface area contributed by atoms with Gasteiger partial charge in [0.05, 0.1) is 11.2 Å². The SMILES string of the molecule is Cc1ccc(S(=O)(=O)/C=C/[C@H]2O[C@@H](n3cnc4c(N)ncnc43)[C@@H](O)[C@H]2O)cc1. The summed E-state index contributed by atoms with van der Waals surface area (Å²) in [5.41, 5.74) is 7.35. The molecule has 0 bridgehead atoms. The molecule has 4 N–H and O–H groups in total. The van der Waals surface area contributed by atoms with Crippen molar-refractivity contribution >= 4 is 26.8 Å². The molecule has 0 unspecified atom stereocenters. The average Bonchev–Trinajstić information content (AvgIpc) is 3.24. The number of imidazole rings is 1. The van der Waals surface area contributed by atoms with Crippen LogP contribution in [0.25, 0.3) is 11.2 Å². The van der Waals surface area contributed by atoms with Gasteiger partial charge in [0.1, 0.15) is 30.2 Å². The standard InChI is InChI=1S/C18H19N5O5S/c1-10-2-4-11(5-3-10)29(26,27)7-6-12-14(24)15(25)18(28-12)23-9-22-13-16(19)20-8-21-17(13)23/h2-9,12,14-15,18,24-25H,1H3,(H2,19,20,21)/b7-6+/t12-,14+,15+,18-/m1/s1. The van der Waals surface area contributed by atoms with Crippen molar-refractivity contribution in [1.82, 2.24) is 19.5 Å². The van der Waals surface area contributed by atoms with E-state index in [9.17, 15) is 18.6 Å². The quantitative estimate of drug-likeness (QED) is 0.544. The number of hydrogen-bond donors (Lipinski definition) is 3. The zero-order valence-electron chi connectivity index (χ0n) is 15.3. The maximum Gasteiger partial charge on any atom is 0.199 e. The number of aliphatic hydroxyl groups is 2. The summed E-state index contributed by atoms with van der Waals surface area (Å²) in [7, 11) is -3.73. The summed E-state index contributed by atoms with van der Waals surface area (Å²) in [5.74, 6) is 0.169. The van der Waals surface area contributed by atoms with E-state index in [2.05, 4.69) is 15.0 Å². The Labute approximate surface area is 166 Å². The summed E-state index contributed by atoms with van der Waals surface area (Å²) in [6.07, 6.45) is -0.926. The van der Waals surface area contributed by atoms with Crippen LogP contribution in [0.5, 0.6) is 0 Å². The Morgan fingerprint density at radius 2 is 1.86 bits per heavy atom. The van der Waals surface area contributed by atoms with E-state index in [1.807, 2.05) is 6.92 Å². The second kappa shape index (κ2) is 7.19. The fourth-order valence-electron chi connectivity index (χ4n) is 3.12. The first-order valence-electron chi connectivity index (χ1n) is 8.72. The van der Waals surface area contributed by atoms with Gasteiger partial charge in [0.2, 0.25) is 0 Å². The normalized spacial score (nSPS) is 25.2. The van der Waals surface area contributed by atoms with Crippen molar-refractivity contribution in [3.63, 3.8) is 0 Å². The monoisotopic (exact) mass is 417 g/mol. The van der Waals surface area contributed by atoms with Gasteiger partial charge in [-0.2, -0.15) is 0 Å². The third-order valence-electron chi connectivity index (χ3n) is 4.73. The minimum absolute atomic E-state index is 0.122. The first-order valence-corrected chi connectivity index (χ1v) is 10.3. The number of aryl methyl sites for hydroxylation is 1. The van der Waals surface area contributed by atoms with Crippen molar-refractivity contribution in [1.29, 1.82) is 0 Å². The zero-order valence-corrected chi connectivity index (χ0v) is 16.1. The summed E-state index contributed by atoms with van der Waals surface area (Å²) in [6.45, 7) is 1.86. The van der Waals surface area contributed by atoms with Gasteiger partial charge in [-0.05, 0) is 25.1 Å². The van der Waals surface area contributed by atoms with E-state index in [-0.39, 0.29) is 10.7 Å². The zero-order chi connectivity index (χ0) is 20.8. The lowest BCUT2D eigenvalue weighted by Crippen LogP contribution is -2.30. The molecule has 3 aromatic rings. The van der Waals surface area contributed by atoms with Crippen LogP contribution in [0.15, 0.2) is 53.3 Å². The molecule has 0 saturated carbocycles. The van der Waals surface area contributed by atoms with Gasteiger partial charge in [0.15, 0.2) is 27.5 Å². The molecule has 2 aromatic heterocycles. The molecule has 152 valence electrons. The molecular weight excluding hydrogens is 398 g/mol. The van der Waals surface area contributed by atoms with E-state index in [1.165, 1.54) is 35.4 Å². The Bertz CT molecular complexity index is 1180. The predicted molar refractivity (Wildman–Crippen MR) is 103 cm³/mol. The molecule has 29 heavy (non-hydrogen) atoms. The molecule has 1 aliphatic heterocycles. The summed E-state index contributed by atoms with van der Waals surface area (Å²) in [5, 5.41) is 21.7. The number of nitrogens with two attached hydrogens (primary N) is 1. The number of nitrogens with zero attached hydrogens (tertiary/aromatic N) is 4. The van der Waals surface area contributed by atoms with Crippen LogP contribution < -0.4 is 5.73 Å². The van der Waals surface area contributed by atoms with Crippen molar-refractivity contribution in [3.8, 4) is 0 Å². The Morgan fingerprint density at radius 3 is 2.59 bits per heavy atom. The highest BCUT2D eigenvalue weighted by molar-refractivity contribution is 7.94. The van der Waals surface area contributed by atoms with E-state index in [0.29, 0.717) is 11.2 Å². The van der Waals surface area contributed by atoms with Crippen molar-refractivity contribution < 1.29 is 23.4 Å². The number of anilines is 1. The second-order valence-electron chi connectivity index (χ2n) is 6.74. The minimum Gasteiger partial charge on any atom is -0.387 e. The largest absolute Gasteiger partial charge is 0.387 e. The van der Waals surface area contributed by atoms with Crippen LogP contribution in [0.1, 0.15) is 11.8 Å². The van der Waals surface area contributed by atoms with Crippen molar-refractivity contribution in [2.24, 2.45) is 0 Å². The molecule has 4 rings (SSSR count). The number of rotatable bonds is 4. The third-order valence-corrected chi connectivity index (χ3v) is 6.18. The average molecular weight is 417 g/mol. The lowest BCUT2D eigenvalue weighted by molar-refractivity contribution is -0.0244. The number of hydrogen-bond acceptors (Lipinski definition) is 9. The maximum absolute atomic E-state index is 12.5. The Hall–Kier alpha value is -2.86. The Morgan fingerprint density at radius 1 is 1.14 bits per heavy atom. The number of benzene rings is 1. The van der Waals surface area contributed by atoms with Crippen LogP contribution in [0.4, 0.5) is 5.82 Å². The Kier molecular flexibility index (Phi) is 4.82. The van der Waals surface area contributed by atoms with Crippen LogP contribution in [0.3, 0.4) is 0 Å². The molecule has 0 aliphatic carbocycles. The van der Waals surface area contributed by atoms with E-state index < -0.39 is 34.4 Å². The lowest BCUT2D eigenvalue weighted by Gasteiger charge is -2.16. The highest BCUT2D eigenvalue weighted by Gasteiger charge is 2.43. The van der Waals surface area contributed by atoms with E-state index in [0.717, 1.165) is 11.0 Å². The van der Waals surface area contributed by atoms with Gasteiger partial charge in [-0.25, -0.2) is 23.4 Å². The van der Waals surface area contributed by atoms with Gasteiger partial charge < -0.3 is 20.7 Å². The molecule has 1 fully saturated rings. The number of nitrogen functional groups attached to an aromatic ring is 1. The summed E-state index contributed by atoms with van der Waals surface area (Å²) >= 11 is 0. The third kappa shape index (κ3) is 3.49. The van der Waals surface area contributed by atoms with E-state index in [4.69, 9.17) is 10.5 Å². The molecule has 1 saturated heterocycles. The van der Waals surface area contributed by atoms with E-state index in [1.54, 1.807) is 12.1 Å². The van der Waals surface area contributed by atoms with Crippen LogP contribution in [-0.4, -0.2) is 56.5 Å². The molecule has 11 heteroatoms. The first kappa shape index (κ1) is 19.5. The maximum atomic E-state index is 12.5. The molecule has 3 heterocycles. The topological polar surface area (TPSA) is 153 Å². The predicted octanol–water partition coefficient (Wildman–Crippen LogP) is 0.324. The fraction of sp³-hybridized carbons (Fsp3) is 0.278. The van der Waals surface area contributed by atoms with Crippen molar-refractivity contribution in [2.45, 2.75) is 36.4 Å². The number of ether oxygens (including phenoxy) is 1. The molecule has 1 aromatic carbocycles. The molecule has 1 aliphatic rings. The first-order chi connectivity index (χ1) is 13.8. The smallest absolute Gasteiger partial charge is 0.199 e. The summed E-state index contributed by atoms with van der Waals surface area (Å²) in [4.78, 5) is 12.2. The van der Waals surface area contributed by atoms with Crippen molar-refractivity contribution in [2.75, 3.05) is 5.73 Å². The number of fused-ring (bicyclic) bond motifs is 1. The van der Waals surface area contributed by atoms with Gasteiger partial charge in [0, 0.05) is 5.41 Å². The minimum atomic E-state index is -3.73. The van der Waals surface area contributed by atoms with Gasteiger partial charge in [-0.15, -0.1) is 0 Å². The second-order valence-corrected chi connectivity index (χ2v) is 8.58. The molecule has 0 spiro atoms. The molecule has 0 amide bonds. The van der Waals surface area contributed by atoms with Gasteiger partial charge in [-0.3, -0.25) is 4.57 Å². The van der Waals surface area contributed by atoms with Crippen molar-refractivity contribution in [3.05, 3.63) is 54.0 Å². The number of aliphatic hydroxyl groups excluding tert-OH is 2. The summed E-state index contributed by atoms with van der Waals surface area (Å²) < 4.78 is 32.1. The molecule has 0 radical (unpaired) electrons. The highest BCUT2D eigenvalue weighted by atomic mass is 32.2. The molecule has 4 atom stereocenters. The highest BCUT2D eigenvalue weighted by Crippen LogP contribution is 2.32. The van der Waals surface area contributed by atoms with Gasteiger partial charge in [0.25, 0.3) is 0 Å². The lowest BCUT2D eigenvalue weighted by atomic mass is 10.1. The van der Waals surface area contributed by atoms with Crippen LogP contribution in [0, 0.1) is 6.92 Å². The van der Waals surface area contributed by atoms with Gasteiger partial charge >= 0.3 is 0 Å². The van der Waals surface area contributed by atoms with Crippen LogP contribution in [0.2, 0.25) is 0 Å². The fourth-order valence-corrected chi connectivity index (χ4v) is 4.15. The summed E-state index contributed by atoms with van der Waals surface area (Å²) in [6, 6.07) is 6.39. The Balaban J connectivity index is 1.59. The number of aromatic nitrogens is 4.